The van der Waals surface area contributed by atoms with Gasteiger partial charge in [0.15, 0.2) is 5.78 Å². The second kappa shape index (κ2) is 4.75. The predicted molar refractivity (Wildman–Crippen MR) is 59.2 cm³/mol. The Balaban J connectivity index is 2.72. The van der Waals surface area contributed by atoms with Crippen LogP contribution in [0.3, 0.4) is 0 Å². The number of benzene rings is 1. The Bertz CT molecular complexity index is 343. The molecule has 0 heterocycles. The minimum atomic E-state index is 0.219. The molecule has 0 spiro atoms. The summed E-state index contributed by atoms with van der Waals surface area (Å²) in [5, 5.41) is 0. The van der Waals surface area contributed by atoms with E-state index in [1.54, 1.807) is 0 Å². The minimum Gasteiger partial charge on any atom is -0.294 e. The zero-order chi connectivity index (χ0) is 10.6. The van der Waals surface area contributed by atoms with Gasteiger partial charge in [-0.25, -0.2) is 0 Å². The largest absolute Gasteiger partial charge is 0.294 e. The summed E-state index contributed by atoms with van der Waals surface area (Å²) in [6.45, 7) is 5.83. The van der Waals surface area contributed by atoms with E-state index >= 15 is 0 Å². The van der Waals surface area contributed by atoms with Gasteiger partial charge in [0.2, 0.25) is 0 Å². The van der Waals surface area contributed by atoms with Crippen LogP contribution in [0.25, 0.3) is 0 Å². The maximum atomic E-state index is 11.7. The number of carbonyl (C=O) groups excluding carboxylic acids is 1. The van der Waals surface area contributed by atoms with E-state index in [-0.39, 0.29) is 5.78 Å². The lowest BCUT2D eigenvalue weighted by atomic mass is 10.0. The molecule has 1 nitrogen and oxygen atoms in total. The first-order valence-electron chi connectivity index (χ1n) is 4.82. The van der Waals surface area contributed by atoms with Crippen LogP contribution < -0.4 is 0 Å². The average Bonchev–Trinajstić information content (AvgIpc) is 2.18. The Kier molecular flexibility index (Phi) is 3.63. The number of allylic oxidation sites excluding steroid dienone is 2. The van der Waals surface area contributed by atoms with Gasteiger partial charge >= 0.3 is 0 Å². The fourth-order valence-corrected chi connectivity index (χ4v) is 1.19. The van der Waals surface area contributed by atoms with Crippen LogP contribution in [0.4, 0.5) is 0 Å². The van der Waals surface area contributed by atoms with Gasteiger partial charge in [0, 0.05) is 6.42 Å². The molecule has 74 valence electrons. The summed E-state index contributed by atoms with van der Waals surface area (Å²) in [6.07, 6.45) is 0.512. The molecular formula is C13H16O. The third-order valence-corrected chi connectivity index (χ3v) is 2.38. The third-order valence-electron chi connectivity index (χ3n) is 2.38. The standard InChI is InChI=1S/C13H16O/c1-10(2)11(3)13(14)9-12-7-5-4-6-8-12/h4-8H,9H2,1-3H3. The topological polar surface area (TPSA) is 17.1 Å². The summed E-state index contributed by atoms with van der Waals surface area (Å²) >= 11 is 0. The number of carbonyl (C=O) groups is 1. The van der Waals surface area contributed by atoms with Gasteiger partial charge in [-0.3, -0.25) is 4.79 Å². The molecule has 0 unspecified atom stereocenters. The Morgan fingerprint density at radius 3 is 2.14 bits per heavy atom. The summed E-state index contributed by atoms with van der Waals surface area (Å²) < 4.78 is 0. The zero-order valence-electron chi connectivity index (χ0n) is 9.00. The molecule has 1 heteroatoms. The monoisotopic (exact) mass is 188 g/mol. The van der Waals surface area contributed by atoms with Crippen molar-refractivity contribution in [3.63, 3.8) is 0 Å². The summed E-state index contributed by atoms with van der Waals surface area (Å²) in [4.78, 5) is 11.7. The molecule has 1 rings (SSSR count). The lowest BCUT2D eigenvalue weighted by molar-refractivity contribution is -0.115. The van der Waals surface area contributed by atoms with Gasteiger partial charge in [0.1, 0.15) is 0 Å². The SMILES string of the molecule is CC(C)=C(C)C(=O)Cc1ccccc1. The molecule has 0 aliphatic rings. The molecule has 1 aromatic carbocycles. The Hall–Kier alpha value is -1.37. The Morgan fingerprint density at radius 1 is 1.07 bits per heavy atom. The number of hydrogen-bond donors (Lipinski definition) is 0. The first-order chi connectivity index (χ1) is 6.61. The van der Waals surface area contributed by atoms with Crippen molar-refractivity contribution in [2.24, 2.45) is 0 Å². The van der Waals surface area contributed by atoms with Crippen LogP contribution in [0, 0.1) is 0 Å². The van der Waals surface area contributed by atoms with Gasteiger partial charge in [-0.15, -0.1) is 0 Å². The highest BCUT2D eigenvalue weighted by Gasteiger charge is 2.06. The lowest BCUT2D eigenvalue weighted by Crippen LogP contribution is -2.05. The highest BCUT2D eigenvalue weighted by Crippen LogP contribution is 2.08. The van der Waals surface area contributed by atoms with Crippen LogP contribution in [-0.2, 0) is 11.2 Å². The number of rotatable bonds is 3. The third kappa shape index (κ3) is 2.84. The van der Waals surface area contributed by atoms with Crippen LogP contribution >= 0.6 is 0 Å². The van der Waals surface area contributed by atoms with Crippen molar-refractivity contribution < 1.29 is 4.79 Å². The Morgan fingerprint density at radius 2 is 1.64 bits per heavy atom. The van der Waals surface area contributed by atoms with Crippen LogP contribution in [0.15, 0.2) is 41.5 Å². The van der Waals surface area contributed by atoms with E-state index in [4.69, 9.17) is 0 Å². The molecular weight excluding hydrogens is 172 g/mol. The summed E-state index contributed by atoms with van der Waals surface area (Å²) in [6, 6.07) is 9.84. The second-order valence-electron chi connectivity index (χ2n) is 3.71. The van der Waals surface area contributed by atoms with Gasteiger partial charge < -0.3 is 0 Å². The van der Waals surface area contributed by atoms with Crippen LogP contribution in [-0.4, -0.2) is 5.78 Å². The second-order valence-corrected chi connectivity index (χ2v) is 3.71. The van der Waals surface area contributed by atoms with Gasteiger partial charge in [0.25, 0.3) is 0 Å². The van der Waals surface area contributed by atoms with Crippen LogP contribution in [0.5, 0.6) is 0 Å². The maximum Gasteiger partial charge on any atom is 0.162 e. The van der Waals surface area contributed by atoms with Gasteiger partial charge in [-0.2, -0.15) is 0 Å². The van der Waals surface area contributed by atoms with Crippen LogP contribution in [0.2, 0.25) is 0 Å². The molecule has 0 saturated heterocycles. The lowest BCUT2D eigenvalue weighted by Gasteiger charge is -2.03. The smallest absolute Gasteiger partial charge is 0.162 e. The number of hydrogen-bond acceptors (Lipinski definition) is 1. The van der Waals surface area contributed by atoms with Gasteiger partial charge in [0.05, 0.1) is 0 Å². The molecule has 0 aliphatic carbocycles. The van der Waals surface area contributed by atoms with Crippen molar-refractivity contribution in [3.8, 4) is 0 Å². The summed E-state index contributed by atoms with van der Waals surface area (Å²) in [7, 11) is 0. The quantitative estimate of drug-likeness (QED) is 0.666. The fraction of sp³-hybridized carbons (Fsp3) is 0.308. The van der Waals surface area contributed by atoms with E-state index in [2.05, 4.69) is 0 Å². The first-order valence-corrected chi connectivity index (χ1v) is 4.82. The van der Waals surface area contributed by atoms with Crippen molar-refractivity contribution in [1.82, 2.24) is 0 Å². The highest BCUT2D eigenvalue weighted by molar-refractivity contribution is 5.96. The molecule has 0 N–H and O–H groups in total. The van der Waals surface area contributed by atoms with E-state index in [1.165, 1.54) is 0 Å². The molecule has 0 amide bonds. The maximum absolute atomic E-state index is 11.7. The molecule has 0 saturated carbocycles. The molecule has 0 aromatic heterocycles. The fourth-order valence-electron chi connectivity index (χ4n) is 1.19. The molecule has 0 atom stereocenters. The van der Waals surface area contributed by atoms with Crippen molar-refractivity contribution in [3.05, 3.63) is 47.0 Å². The molecule has 14 heavy (non-hydrogen) atoms. The molecule has 1 aromatic rings. The molecule has 0 fully saturated rings. The first kappa shape index (κ1) is 10.7. The van der Waals surface area contributed by atoms with Gasteiger partial charge in [-0.05, 0) is 31.9 Å². The zero-order valence-corrected chi connectivity index (χ0v) is 9.00. The highest BCUT2D eigenvalue weighted by atomic mass is 16.1. The summed E-state index contributed by atoms with van der Waals surface area (Å²) in [5.74, 6) is 0.219. The van der Waals surface area contributed by atoms with Gasteiger partial charge in [-0.1, -0.05) is 35.9 Å². The van der Waals surface area contributed by atoms with Crippen molar-refractivity contribution in [1.29, 1.82) is 0 Å². The minimum absolute atomic E-state index is 0.219. The normalized spacial score (nSPS) is 9.64. The molecule has 0 radical (unpaired) electrons. The predicted octanol–water partition coefficient (Wildman–Crippen LogP) is 3.15. The van der Waals surface area contributed by atoms with Crippen LogP contribution in [0.1, 0.15) is 26.3 Å². The van der Waals surface area contributed by atoms with E-state index in [0.717, 1.165) is 16.7 Å². The van der Waals surface area contributed by atoms with Crippen molar-refractivity contribution in [2.45, 2.75) is 27.2 Å². The Labute approximate surface area is 85.5 Å². The van der Waals surface area contributed by atoms with E-state index in [0.29, 0.717) is 6.42 Å². The summed E-state index contributed by atoms with van der Waals surface area (Å²) in [5.41, 5.74) is 3.07. The number of ketones is 1. The van der Waals surface area contributed by atoms with E-state index in [9.17, 15) is 4.79 Å². The number of Topliss-reactive ketones (excluding diaryl/α,β-unsaturated/α-hetero) is 1. The average molecular weight is 188 g/mol. The van der Waals surface area contributed by atoms with Crippen molar-refractivity contribution >= 4 is 5.78 Å². The van der Waals surface area contributed by atoms with E-state index in [1.807, 2.05) is 51.1 Å². The molecule has 0 aliphatic heterocycles. The molecule has 0 bridgehead atoms. The van der Waals surface area contributed by atoms with Crippen molar-refractivity contribution in [2.75, 3.05) is 0 Å². The van der Waals surface area contributed by atoms with E-state index < -0.39 is 0 Å².